The highest BCUT2D eigenvalue weighted by molar-refractivity contribution is 5.82. The number of likely N-dealkylation sites (N-methyl/N-ethyl adjacent to an activating group) is 1. The molecule has 2 rings (SSSR count). The van der Waals surface area contributed by atoms with E-state index >= 15 is 0 Å². The molecule has 0 bridgehead atoms. The van der Waals surface area contributed by atoms with Gasteiger partial charge in [-0.25, -0.2) is 0 Å². The van der Waals surface area contributed by atoms with Crippen LogP contribution in [-0.2, 0) is 4.79 Å². The fourth-order valence-electron chi connectivity index (χ4n) is 3.55. The van der Waals surface area contributed by atoms with Crippen molar-refractivity contribution in [3.05, 3.63) is 0 Å². The van der Waals surface area contributed by atoms with Crippen molar-refractivity contribution in [1.82, 2.24) is 10.2 Å². The number of carbonyl (C=O) groups excluding carboxylic acids is 1. The van der Waals surface area contributed by atoms with Crippen LogP contribution in [0.2, 0.25) is 0 Å². The van der Waals surface area contributed by atoms with E-state index in [9.17, 15) is 4.79 Å². The summed E-state index contributed by atoms with van der Waals surface area (Å²) in [6.45, 7) is 7.30. The number of hydrogen-bond donors (Lipinski definition) is 1. The summed E-state index contributed by atoms with van der Waals surface area (Å²) in [5.41, 5.74) is 0. The highest BCUT2D eigenvalue weighted by Crippen LogP contribution is 2.30. The smallest absolute Gasteiger partial charge is 0.239 e. The van der Waals surface area contributed by atoms with Crippen molar-refractivity contribution in [2.75, 3.05) is 19.6 Å². The van der Waals surface area contributed by atoms with E-state index in [2.05, 4.69) is 24.1 Å². The third-order valence-electron chi connectivity index (χ3n) is 4.92. The van der Waals surface area contributed by atoms with E-state index in [4.69, 9.17) is 0 Å². The Morgan fingerprint density at radius 1 is 1.21 bits per heavy atom. The molecule has 1 amide bonds. The van der Waals surface area contributed by atoms with Crippen LogP contribution in [0.5, 0.6) is 0 Å². The van der Waals surface area contributed by atoms with Gasteiger partial charge in [-0.15, -0.1) is 0 Å². The van der Waals surface area contributed by atoms with Crippen molar-refractivity contribution >= 4 is 5.91 Å². The van der Waals surface area contributed by atoms with Gasteiger partial charge in [0.25, 0.3) is 0 Å². The second kappa shape index (κ2) is 7.28. The first-order valence-corrected chi connectivity index (χ1v) is 8.23. The van der Waals surface area contributed by atoms with Gasteiger partial charge < -0.3 is 10.2 Å². The molecule has 1 saturated heterocycles. The number of nitrogens with one attached hydrogen (secondary N) is 1. The van der Waals surface area contributed by atoms with Gasteiger partial charge in [-0.05, 0) is 37.6 Å². The summed E-state index contributed by atoms with van der Waals surface area (Å²) in [5.74, 6) is 2.13. The molecule has 1 unspecified atom stereocenters. The lowest BCUT2D eigenvalue weighted by Gasteiger charge is -2.34. The first kappa shape index (κ1) is 14.8. The lowest BCUT2D eigenvalue weighted by molar-refractivity contribution is -0.136. The van der Waals surface area contributed by atoms with Gasteiger partial charge in [0, 0.05) is 13.1 Å². The zero-order valence-electron chi connectivity index (χ0n) is 12.7. The first-order chi connectivity index (χ1) is 9.20. The molecule has 1 N–H and O–H groups in total. The Hall–Kier alpha value is -0.570. The molecule has 0 aromatic rings. The Morgan fingerprint density at radius 2 is 1.95 bits per heavy atom. The molecule has 3 heteroatoms. The van der Waals surface area contributed by atoms with E-state index in [1.807, 2.05) is 0 Å². The molecule has 2 fully saturated rings. The number of piperidine rings is 1. The molecule has 19 heavy (non-hydrogen) atoms. The Kier molecular flexibility index (Phi) is 5.68. The fourth-order valence-corrected chi connectivity index (χ4v) is 3.55. The molecule has 110 valence electrons. The summed E-state index contributed by atoms with van der Waals surface area (Å²) in [4.78, 5) is 14.4. The van der Waals surface area contributed by atoms with Crippen LogP contribution in [0.4, 0.5) is 0 Å². The summed E-state index contributed by atoms with van der Waals surface area (Å²) in [6, 6.07) is 0.0881. The van der Waals surface area contributed by atoms with Crippen molar-refractivity contribution in [1.29, 1.82) is 0 Å². The predicted molar refractivity (Wildman–Crippen MR) is 79.0 cm³/mol. The summed E-state index contributed by atoms with van der Waals surface area (Å²) < 4.78 is 0. The second-order valence-electron chi connectivity index (χ2n) is 6.49. The third kappa shape index (κ3) is 4.20. The molecule has 1 aliphatic carbocycles. The molecular weight excluding hydrogens is 236 g/mol. The summed E-state index contributed by atoms with van der Waals surface area (Å²) >= 11 is 0. The Bertz CT molecular complexity index is 282. The number of likely N-dealkylation sites (tertiary alicyclic amines) is 1. The number of hydrogen-bond acceptors (Lipinski definition) is 2. The van der Waals surface area contributed by atoms with Crippen molar-refractivity contribution in [2.45, 2.75) is 64.8 Å². The molecule has 0 spiro atoms. The molecule has 0 aromatic heterocycles. The average molecular weight is 266 g/mol. The summed E-state index contributed by atoms with van der Waals surface area (Å²) in [7, 11) is 0. The van der Waals surface area contributed by atoms with Crippen molar-refractivity contribution in [3.63, 3.8) is 0 Å². The monoisotopic (exact) mass is 266 g/mol. The van der Waals surface area contributed by atoms with Gasteiger partial charge >= 0.3 is 0 Å². The van der Waals surface area contributed by atoms with Crippen LogP contribution in [0, 0.1) is 11.8 Å². The van der Waals surface area contributed by atoms with Crippen molar-refractivity contribution in [2.24, 2.45) is 11.8 Å². The van der Waals surface area contributed by atoms with Gasteiger partial charge in [0.2, 0.25) is 5.91 Å². The molecule has 0 aromatic carbocycles. The normalized spacial score (nSPS) is 32.6. The van der Waals surface area contributed by atoms with Crippen LogP contribution in [0.3, 0.4) is 0 Å². The number of amides is 1. The standard InChI is InChI=1S/C16H30N2O/c1-3-17-15-5-4-11-18(16(15)19)12-10-14-8-6-13(2)7-9-14/h13-15,17H,3-12H2,1-2H3. The molecule has 3 nitrogen and oxygen atoms in total. The number of nitrogens with zero attached hydrogens (tertiary/aromatic N) is 1. The highest BCUT2D eigenvalue weighted by Gasteiger charge is 2.28. The van der Waals surface area contributed by atoms with E-state index in [-0.39, 0.29) is 6.04 Å². The average Bonchev–Trinajstić information content (AvgIpc) is 2.42. The van der Waals surface area contributed by atoms with Gasteiger partial charge in [0.1, 0.15) is 0 Å². The largest absolute Gasteiger partial charge is 0.341 e. The van der Waals surface area contributed by atoms with E-state index in [1.54, 1.807) is 0 Å². The van der Waals surface area contributed by atoms with Gasteiger partial charge in [0.15, 0.2) is 0 Å². The highest BCUT2D eigenvalue weighted by atomic mass is 16.2. The maximum absolute atomic E-state index is 12.3. The van der Waals surface area contributed by atoms with Crippen LogP contribution >= 0.6 is 0 Å². The van der Waals surface area contributed by atoms with Crippen LogP contribution < -0.4 is 5.32 Å². The Morgan fingerprint density at radius 3 is 2.63 bits per heavy atom. The maximum Gasteiger partial charge on any atom is 0.239 e. The number of rotatable bonds is 5. The topological polar surface area (TPSA) is 32.3 Å². The van der Waals surface area contributed by atoms with Crippen LogP contribution in [0.15, 0.2) is 0 Å². The molecule has 1 aliphatic heterocycles. The Balaban J connectivity index is 1.74. The minimum Gasteiger partial charge on any atom is -0.341 e. The molecule has 1 heterocycles. The van der Waals surface area contributed by atoms with E-state index in [0.29, 0.717) is 5.91 Å². The molecular formula is C16H30N2O. The van der Waals surface area contributed by atoms with Crippen LogP contribution in [0.1, 0.15) is 58.8 Å². The van der Waals surface area contributed by atoms with E-state index < -0.39 is 0 Å². The summed E-state index contributed by atoms with van der Waals surface area (Å²) in [5, 5.41) is 3.32. The van der Waals surface area contributed by atoms with Gasteiger partial charge in [-0.3, -0.25) is 4.79 Å². The predicted octanol–water partition coefficient (Wildman–Crippen LogP) is 2.80. The fraction of sp³-hybridized carbons (Fsp3) is 0.938. The zero-order valence-corrected chi connectivity index (χ0v) is 12.7. The maximum atomic E-state index is 12.3. The zero-order chi connectivity index (χ0) is 13.7. The summed E-state index contributed by atoms with van der Waals surface area (Å²) in [6.07, 6.45) is 8.92. The number of carbonyl (C=O) groups is 1. The first-order valence-electron chi connectivity index (χ1n) is 8.23. The van der Waals surface area contributed by atoms with E-state index in [1.165, 1.54) is 32.1 Å². The molecule has 1 saturated carbocycles. The van der Waals surface area contributed by atoms with Gasteiger partial charge in [0.05, 0.1) is 6.04 Å². The van der Waals surface area contributed by atoms with Gasteiger partial charge in [-0.1, -0.05) is 39.5 Å². The van der Waals surface area contributed by atoms with Crippen LogP contribution in [0.25, 0.3) is 0 Å². The minimum atomic E-state index is 0.0881. The molecule has 1 atom stereocenters. The second-order valence-corrected chi connectivity index (χ2v) is 6.49. The van der Waals surface area contributed by atoms with Crippen molar-refractivity contribution in [3.8, 4) is 0 Å². The van der Waals surface area contributed by atoms with Crippen LogP contribution in [-0.4, -0.2) is 36.5 Å². The third-order valence-corrected chi connectivity index (χ3v) is 4.92. The lowest BCUT2D eigenvalue weighted by atomic mass is 9.81. The van der Waals surface area contributed by atoms with Crippen molar-refractivity contribution < 1.29 is 4.79 Å². The van der Waals surface area contributed by atoms with E-state index in [0.717, 1.165) is 44.3 Å². The SMILES string of the molecule is CCNC1CCCN(CCC2CCC(C)CC2)C1=O. The molecule has 2 aliphatic rings. The lowest BCUT2D eigenvalue weighted by Crippen LogP contribution is -2.51. The molecule has 0 radical (unpaired) electrons. The Labute approximate surface area is 118 Å². The quantitative estimate of drug-likeness (QED) is 0.830. The van der Waals surface area contributed by atoms with Gasteiger partial charge in [-0.2, -0.15) is 0 Å². The minimum absolute atomic E-state index is 0.0881.